The fourth-order valence-corrected chi connectivity index (χ4v) is 15.3. The van der Waals surface area contributed by atoms with Gasteiger partial charge in [0, 0.05) is 33.1 Å². The normalized spacial score (nSPS) is 21.2. The highest BCUT2D eigenvalue weighted by Gasteiger charge is 2.50. The van der Waals surface area contributed by atoms with Gasteiger partial charge in [0.1, 0.15) is 0 Å². The molecule has 0 saturated carbocycles. The molecule has 7 aromatic rings. The quantitative estimate of drug-likeness (QED) is 0.163. The average Bonchev–Trinajstić information content (AvgIpc) is 2.28. The first kappa shape index (κ1) is 44.1. The Morgan fingerprint density at radius 1 is 0.446 bits per heavy atom. The van der Waals surface area contributed by atoms with Crippen LogP contribution in [0.2, 0.25) is 0 Å². The Bertz CT molecular complexity index is 3740. The summed E-state index contributed by atoms with van der Waals surface area (Å²) in [5, 5.41) is 2.50. The van der Waals surface area contributed by atoms with Crippen LogP contribution < -0.4 is 26.2 Å². The number of rotatable bonds is 3. The maximum atomic E-state index is 9.64. The van der Waals surface area contributed by atoms with E-state index in [-0.39, 0.29) is 85.8 Å². The van der Waals surface area contributed by atoms with E-state index in [1.54, 1.807) is 0 Å². The van der Waals surface area contributed by atoms with Crippen LogP contribution in [0.5, 0.6) is 0 Å². The molecule has 0 unspecified atom stereocenters. The first-order valence-electron chi connectivity index (χ1n) is 30.4. The number of hydrogen-bond donors (Lipinski definition) is 0. The molecule has 0 fully saturated rings. The molecule has 5 aliphatic rings. The van der Waals surface area contributed by atoms with E-state index in [1.807, 2.05) is 11.3 Å². The molecule has 2 aliphatic heterocycles. The highest BCUT2D eigenvalue weighted by atomic mass is 32.1. The smallest absolute Gasteiger partial charge is 0.254 e. The zero-order valence-electron chi connectivity index (χ0n) is 53.1. The molecule has 12 rings (SSSR count). The van der Waals surface area contributed by atoms with Gasteiger partial charge >= 0.3 is 0 Å². The van der Waals surface area contributed by atoms with Crippen molar-refractivity contribution in [1.82, 2.24) is 0 Å². The fraction of sp³-hybridized carbons (Fsp3) is 0.457. The number of nitrogens with zero attached hydrogens (tertiary/aromatic N) is 2. The number of anilines is 6. The van der Waals surface area contributed by atoms with Crippen LogP contribution in [-0.2, 0) is 43.3 Å². The average molecular weight is 1000 g/mol. The lowest BCUT2D eigenvalue weighted by molar-refractivity contribution is 0.332. The predicted octanol–water partition coefficient (Wildman–Crippen LogP) is 18.3. The molecule has 0 radical (unpaired) electrons. The molecule has 0 amide bonds. The zero-order valence-corrected chi connectivity index (χ0v) is 48.9. The minimum atomic E-state index is -0.386. The van der Waals surface area contributed by atoms with E-state index in [4.69, 9.17) is 4.11 Å². The molecule has 4 heteroatoms. The molecule has 0 spiro atoms. The van der Waals surface area contributed by atoms with Crippen molar-refractivity contribution in [2.45, 2.75) is 206 Å². The summed E-state index contributed by atoms with van der Waals surface area (Å²) < 4.78 is 47.6. The van der Waals surface area contributed by atoms with Gasteiger partial charge in [-0.05, 0) is 214 Å². The molecule has 6 aromatic carbocycles. The van der Waals surface area contributed by atoms with Crippen LogP contribution in [0.4, 0.5) is 33.4 Å². The molecule has 3 aliphatic carbocycles. The van der Waals surface area contributed by atoms with Crippen molar-refractivity contribution in [3.8, 4) is 11.1 Å². The first-order chi connectivity index (χ1) is 36.4. The van der Waals surface area contributed by atoms with Crippen LogP contribution in [0.1, 0.15) is 215 Å². The Hall–Kier alpha value is -5.06. The summed E-state index contributed by atoms with van der Waals surface area (Å²) in [4.78, 5) is 5.08. The largest absolute Gasteiger partial charge is 0.311 e. The molecular formula is C70H83BN2S. The van der Waals surface area contributed by atoms with Gasteiger partial charge in [-0.3, -0.25) is 0 Å². The third-order valence-electron chi connectivity index (χ3n) is 19.4. The van der Waals surface area contributed by atoms with Gasteiger partial charge in [-0.1, -0.05) is 173 Å². The van der Waals surface area contributed by atoms with Crippen molar-refractivity contribution < 1.29 is 6.85 Å². The minimum absolute atomic E-state index is 0.0110. The maximum absolute atomic E-state index is 9.64. The second-order valence-electron chi connectivity index (χ2n) is 29.5. The Morgan fingerprint density at radius 2 is 0.919 bits per heavy atom. The molecule has 0 atom stereocenters. The van der Waals surface area contributed by atoms with Crippen LogP contribution >= 0.6 is 11.3 Å². The monoisotopic (exact) mass is 1000 g/mol. The van der Waals surface area contributed by atoms with Gasteiger partial charge in [-0.25, -0.2) is 0 Å². The van der Waals surface area contributed by atoms with E-state index in [9.17, 15) is 2.74 Å². The first-order valence-corrected chi connectivity index (χ1v) is 28.7. The number of fused-ring (bicyclic) bond motifs is 9. The lowest BCUT2D eigenvalue weighted by Crippen LogP contribution is -2.61. The van der Waals surface area contributed by atoms with Gasteiger partial charge < -0.3 is 9.80 Å². The summed E-state index contributed by atoms with van der Waals surface area (Å²) in [5.41, 5.74) is 20.3. The minimum Gasteiger partial charge on any atom is -0.311 e. The van der Waals surface area contributed by atoms with E-state index in [0.717, 1.165) is 67.0 Å². The lowest BCUT2D eigenvalue weighted by atomic mass is 9.33. The molecule has 0 saturated heterocycles. The molecule has 382 valence electrons. The molecule has 1 aromatic heterocycles. The Balaban J connectivity index is 1.31. The third kappa shape index (κ3) is 7.51. The van der Waals surface area contributed by atoms with Crippen molar-refractivity contribution in [3.05, 3.63) is 148 Å². The second-order valence-corrected chi connectivity index (χ2v) is 30.5. The van der Waals surface area contributed by atoms with Crippen molar-refractivity contribution >= 4 is 78.0 Å². The second kappa shape index (κ2) is 15.8. The lowest BCUT2D eigenvalue weighted by Gasteiger charge is -2.47. The number of benzene rings is 6. The van der Waals surface area contributed by atoms with E-state index < -0.39 is 0 Å². The molecule has 3 heterocycles. The standard InChI is InChI=1S/C70H83BN2S/c1-63(2,3)44-34-45(64(4,5)6)36-47(35-44)72-56-40-53-52(68(13,14)29-30-69(53,15)16)39-55(56)71-60-48-38-51-54(70(17,18)31-28-67(51,11)12)41-59(48)74-62(60)73(46-24-25-49-50(37-46)66(9,10)27-26-65(49,7)8)58-33-43(32-57(72)61(58)71)42-22-20-19-21-23-42/h19-25,32-41H,26-31H2,1-18H3/i19D,20D,21D,22D,23D. The van der Waals surface area contributed by atoms with Gasteiger partial charge in [-0.2, -0.15) is 0 Å². The van der Waals surface area contributed by atoms with Gasteiger partial charge in [0.25, 0.3) is 6.71 Å². The summed E-state index contributed by atoms with van der Waals surface area (Å²) in [6, 6.07) is 27.8. The van der Waals surface area contributed by atoms with E-state index >= 15 is 0 Å². The molecule has 2 nitrogen and oxygen atoms in total. The molecule has 0 bridgehead atoms. The topological polar surface area (TPSA) is 6.48 Å². The Labute approximate surface area is 457 Å². The summed E-state index contributed by atoms with van der Waals surface area (Å²) in [6.45, 7) is 42.8. The summed E-state index contributed by atoms with van der Waals surface area (Å²) in [6.07, 6.45) is 6.61. The van der Waals surface area contributed by atoms with Crippen molar-refractivity contribution in [1.29, 1.82) is 0 Å². The van der Waals surface area contributed by atoms with Crippen LogP contribution in [0.15, 0.2) is 103 Å². The fourth-order valence-electron chi connectivity index (χ4n) is 14.0. The van der Waals surface area contributed by atoms with E-state index in [0.29, 0.717) is 5.56 Å². The van der Waals surface area contributed by atoms with Crippen LogP contribution in [0, 0.1) is 0 Å². The van der Waals surface area contributed by atoms with Gasteiger partial charge in [-0.15, -0.1) is 11.3 Å². The van der Waals surface area contributed by atoms with Crippen molar-refractivity contribution in [3.63, 3.8) is 0 Å². The van der Waals surface area contributed by atoms with Crippen molar-refractivity contribution in [2.24, 2.45) is 0 Å². The highest BCUT2D eigenvalue weighted by molar-refractivity contribution is 7.26. The van der Waals surface area contributed by atoms with Gasteiger partial charge in [0.05, 0.1) is 11.9 Å². The summed E-state index contributed by atoms with van der Waals surface area (Å²) in [7, 11) is 0. The Morgan fingerprint density at radius 3 is 1.46 bits per heavy atom. The molecular weight excluding hydrogens is 912 g/mol. The summed E-state index contributed by atoms with van der Waals surface area (Å²) >= 11 is 1.90. The SMILES string of the molecule is [2H]c1c([2H])c([2H])c(-c2cc3c4c(c2)N(c2ccc5c(c2)C(C)(C)CCC5(C)C)c2sc5cc6c(cc5c2B4c2cc4c(cc2N3c2cc(C(C)(C)C)cc(C(C)(C)C)c2)C(C)(C)CCC4(C)C)C(C)(C)CCC6(C)C)c([2H])c1[2H]. The third-order valence-corrected chi connectivity index (χ3v) is 20.6. The molecule has 0 N–H and O–H groups in total. The number of hydrogen-bond acceptors (Lipinski definition) is 3. The summed E-state index contributed by atoms with van der Waals surface area (Å²) in [5.74, 6) is 0. The Kier molecular flexibility index (Phi) is 9.40. The maximum Gasteiger partial charge on any atom is 0.254 e. The van der Waals surface area contributed by atoms with Crippen LogP contribution in [0.3, 0.4) is 0 Å². The predicted molar refractivity (Wildman–Crippen MR) is 325 cm³/mol. The van der Waals surface area contributed by atoms with E-state index in [1.165, 1.54) is 76.0 Å². The zero-order chi connectivity index (χ0) is 57.2. The van der Waals surface area contributed by atoms with Gasteiger partial charge in [0.15, 0.2) is 0 Å². The van der Waals surface area contributed by atoms with Gasteiger partial charge in [0.2, 0.25) is 0 Å². The highest BCUT2D eigenvalue weighted by Crippen LogP contribution is 2.56. The van der Waals surface area contributed by atoms with Crippen molar-refractivity contribution in [2.75, 3.05) is 9.80 Å². The number of thiophene rings is 1. The molecule has 74 heavy (non-hydrogen) atoms. The van der Waals surface area contributed by atoms with Crippen LogP contribution in [-0.4, -0.2) is 6.71 Å². The van der Waals surface area contributed by atoms with E-state index in [2.05, 4.69) is 207 Å². The van der Waals surface area contributed by atoms with Crippen LogP contribution in [0.25, 0.3) is 21.2 Å².